The highest BCUT2D eigenvalue weighted by molar-refractivity contribution is 5.14. The lowest BCUT2D eigenvalue weighted by Gasteiger charge is -1.98. The molecule has 0 bridgehead atoms. The van der Waals surface area contributed by atoms with E-state index >= 15 is 0 Å². The highest BCUT2D eigenvalue weighted by Crippen LogP contribution is 2.04. The van der Waals surface area contributed by atoms with Crippen molar-refractivity contribution in [3.63, 3.8) is 0 Å². The maximum Gasteiger partial charge on any atom is -0.0281 e. The van der Waals surface area contributed by atoms with E-state index in [0.29, 0.717) is 0 Å². The normalized spacial score (nSPS) is 7.54. The van der Waals surface area contributed by atoms with Gasteiger partial charge in [-0.25, -0.2) is 0 Å². The van der Waals surface area contributed by atoms with Crippen LogP contribution in [-0.2, 0) is 6.42 Å². The molecule has 0 radical (unpaired) electrons. The molecule has 0 N–H and O–H groups in total. The third kappa shape index (κ3) is 42.9. The van der Waals surface area contributed by atoms with E-state index in [4.69, 9.17) is 0 Å². The lowest BCUT2D eigenvalue weighted by molar-refractivity contribution is 0.550. The lowest BCUT2D eigenvalue weighted by atomic mass is 10.1. The van der Waals surface area contributed by atoms with Crippen LogP contribution in [0.3, 0.4) is 0 Å². The highest BCUT2D eigenvalue weighted by Gasteiger charge is 1.88. The zero-order valence-electron chi connectivity index (χ0n) is 19.5. The fourth-order valence-electron chi connectivity index (χ4n) is 1.55. The van der Waals surface area contributed by atoms with Crippen LogP contribution >= 0.6 is 0 Å². The van der Waals surface area contributed by atoms with E-state index in [-0.39, 0.29) is 0 Å². The van der Waals surface area contributed by atoms with Gasteiger partial charge in [-0.3, -0.25) is 0 Å². The first-order chi connectivity index (χ1) is 11.7. The summed E-state index contributed by atoms with van der Waals surface area (Å²) in [7, 11) is 0. The van der Waals surface area contributed by atoms with Crippen LogP contribution in [-0.4, -0.2) is 0 Å². The quantitative estimate of drug-likeness (QED) is 0.500. The van der Waals surface area contributed by atoms with Crippen molar-refractivity contribution >= 4 is 0 Å². The zero-order chi connectivity index (χ0) is 20.2. The van der Waals surface area contributed by atoms with Crippen molar-refractivity contribution in [2.24, 2.45) is 5.92 Å². The van der Waals surface area contributed by atoms with Crippen molar-refractivity contribution in [2.75, 3.05) is 0 Å². The van der Waals surface area contributed by atoms with Crippen molar-refractivity contribution in [1.29, 1.82) is 0 Å². The van der Waals surface area contributed by atoms with Gasteiger partial charge in [0.2, 0.25) is 0 Å². The van der Waals surface area contributed by atoms with Gasteiger partial charge in [-0.15, -0.1) is 0 Å². The minimum atomic E-state index is 0.903. The molecule has 0 aliphatic heterocycles. The minimum absolute atomic E-state index is 0.903. The van der Waals surface area contributed by atoms with Gasteiger partial charge in [-0.1, -0.05) is 139 Å². The van der Waals surface area contributed by atoms with Crippen LogP contribution in [0, 0.1) is 5.92 Å². The smallest absolute Gasteiger partial charge is 0.0281 e. The number of hydrogen-bond donors (Lipinski definition) is 0. The molecular formula is C24H52. The number of rotatable bonds is 5. The van der Waals surface area contributed by atoms with E-state index in [0.717, 1.165) is 5.92 Å². The summed E-state index contributed by atoms with van der Waals surface area (Å²) in [5.41, 5.74) is 1.44. The third-order valence-electron chi connectivity index (χ3n) is 2.52. The van der Waals surface area contributed by atoms with Crippen molar-refractivity contribution in [2.45, 2.75) is 115 Å². The van der Waals surface area contributed by atoms with Gasteiger partial charge in [0, 0.05) is 0 Å². The molecule has 0 saturated carbocycles. The van der Waals surface area contributed by atoms with Gasteiger partial charge in [0.15, 0.2) is 0 Å². The predicted molar refractivity (Wildman–Crippen MR) is 120 cm³/mol. The Morgan fingerprint density at radius 1 is 0.667 bits per heavy atom. The first-order valence-electron chi connectivity index (χ1n) is 10.7. The number of hydrogen-bond acceptors (Lipinski definition) is 0. The molecule has 0 nitrogen and oxygen atoms in total. The molecule has 0 unspecified atom stereocenters. The molecule has 0 heterocycles. The van der Waals surface area contributed by atoms with Gasteiger partial charge in [-0.2, -0.15) is 0 Å². The molecule has 0 atom stereocenters. The van der Waals surface area contributed by atoms with E-state index in [1.165, 1.54) is 37.7 Å². The molecule has 0 aliphatic rings. The molecule has 0 aromatic heterocycles. The highest BCUT2D eigenvalue weighted by atomic mass is 13.9. The summed E-state index contributed by atoms with van der Waals surface area (Å²) < 4.78 is 0. The van der Waals surface area contributed by atoms with E-state index in [2.05, 4.69) is 58.0 Å². The van der Waals surface area contributed by atoms with Crippen LogP contribution in [0.25, 0.3) is 0 Å². The molecule has 0 amide bonds. The second-order valence-electron chi connectivity index (χ2n) is 4.77. The molecule has 0 spiro atoms. The van der Waals surface area contributed by atoms with Crippen LogP contribution in [0.1, 0.15) is 114 Å². The molecule has 1 aromatic rings. The summed E-state index contributed by atoms with van der Waals surface area (Å²) in [6.07, 6.45) is 6.59. The Morgan fingerprint density at radius 2 is 1.08 bits per heavy atom. The van der Waals surface area contributed by atoms with Gasteiger partial charge in [-0.05, 0) is 17.9 Å². The Kier molecular flexibility index (Phi) is 62.2. The molecule has 148 valence electrons. The van der Waals surface area contributed by atoms with E-state index in [1.807, 2.05) is 55.4 Å². The molecule has 0 heteroatoms. The monoisotopic (exact) mass is 340 g/mol. The Hall–Kier alpha value is -0.780. The third-order valence-corrected chi connectivity index (χ3v) is 2.52. The molecule has 0 saturated heterocycles. The minimum Gasteiger partial charge on any atom is -0.0683 e. The van der Waals surface area contributed by atoms with Crippen molar-refractivity contribution in [1.82, 2.24) is 0 Å². The summed E-state index contributed by atoms with van der Waals surface area (Å²) in [5.74, 6) is 0.903. The van der Waals surface area contributed by atoms with E-state index in [1.54, 1.807) is 0 Å². The van der Waals surface area contributed by atoms with Crippen LogP contribution < -0.4 is 0 Å². The second-order valence-corrected chi connectivity index (χ2v) is 4.77. The Balaban J connectivity index is -0.0000000719. The first kappa shape index (κ1) is 34.5. The van der Waals surface area contributed by atoms with Crippen LogP contribution in [0.4, 0.5) is 0 Å². The summed E-state index contributed by atoms with van der Waals surface area (Å²) in [5, 5.41) is 0. The molecular weight excluding hydrogens is 288 g/mol. The van der Waals surface area contributed by atoms with Crippen molar-refractivity contribution in [3.05, 3.63) is 35.9 Å². The zero-order valence-corrected chi connectivity index (χ0v) is 19.5. The van der Waals surface area contributed by atoms with E-state index in [9.17, 15) is 0 Å². The topological polar surface area (TPSA) is 0 Å². The maximum atomic E-state index is 2.27. The van der Waals surface area contributed by atoms with Gasteiger partial charge in [0.05, 0.1) is 0 Å². The first-order valence-corrected chi connectivity index (χ1v) is 10.7. The number of benzene rings is 1. The van der Waals surface area contributed by atoms with Gasteiger partial charge >= 0.3 is 0 Å². The predicted octanol–water partition coefficient (Wildman–Crippen LogP) is 9.58. The molecule has 1 aromatic carbocycles. The summed E-state index contributed by atoms with van der Waals surface area (Å²) in [6, 6.07) is 10.6. The fourth-order valence-corrected chi connectivity index (χ4v) is 1.55. The van der Waals surface area contributed by atoms with Crippen LogP contribution in [0.15, 0.2) is 30.3 Å². The Labute approximate surface area is 157 Å². The average molecular weight is 341 g/mol. The van der Waals surface area contributed by atoms with Gasteiger partial charge in [0.1, 0.15) is 0 Å². The summed E-state index contributed by atoms with van der Waals surface area (Å²) in [4.78, 5) is 0. The average Bonchev–Trinajstić information content (AvgIpc) is 2.68. The molecule has 24 heavy (non-hydrogen) atoms. The molecule has 0 fully saturated rings. The number of unbranched alkanes of at least 4 members (excludes halogenated alkanes) is 1. The SMILES string of the molecule is CC.CC.CC.CC.CCCCC(C)C.CCCc1ccccc1. The fraction of sp³-hybridized carbons (Fsp3) is 0.750. The summed E-state index contributed by atoms with van der Waals surface area (Å²) in [6.45, 7) is 25.0. The van der Waals surface area contributed by atoms with Crippen LogP contribution in [0.5, 0.6) is 0 Å². The number of aryl methyl sites for hydroxylation is 1. The van der Waals surface area contributed by atoms with Crippen LogP contribution in [0.2, 0.25) is 0 Å². The largest absolute Gasteiger partial charge is 0.0683 e. The maximum absolute atomic E-state index is 2.27. The van der Waals surface area contributed by atoms with Gasteiger partial charge < -0.3 is 0 Å². The van der Waals surface area contributed by atoms with E-state index < -0.39 is 0 Å². The van der Waals surface area contributed by atoms with Crippen molar-refractivity contribution < 1.29 is 0 Å². The molecule has 0 aliphatic carbocycles. The standard InChI is InChI=1S/C9H12.C7H16.4C2H6/c1-2-6-9-7-4-3-5-8-9;1-4-5-6-7(2)3;4*1-2/h3-5,7-8H,2,6H2,1H3;7H,4-6H2,1-3H3;4*1-2H3. The Bertz CT molecular complexity index is 223. The second kappa shape index (κ2) is 43.2. The molecule has 1 rings (SSSR count). The summed E-state index contributed by atoms with van der Waals surface area (Å²) >= 11 is 0. The van der Waals surface area contributed by atoms with Gasteiger partial charge in [0.25, 0.3) is 0 Å². The van der Waals surface area contributed by atoms with Crippen molar-refractivity contribution in [3.8, 4) is 0 Å². The lowest BCUT2D eigenvalue weighted by Crippen LogP contribution is -1.83. The Morgan fingerprint density at radius 3 is 1.33 bits per heavy atom.